The molecule has 2 rings (SSSR count). The number of carbonyl (C=O) groups is 1. The van der Waals surface area contributed by atoms with E-state index in [-0.39, 0.29) is 17.1 Å². The normalized spacial score (nSPS) is 23.1. The van der Waals surface area contributed by atoms with E-state index >= 15 is 0 Å². The summed E-state index contributed by atoms with van der Waals surface area (Å²) >= 11 is 0. The molecule has 0 spiro atoms. The van der Waals surface area contributed by atoms with Gasteiger partial charge in [-0.1, -0.05) is 6.07 Å². The molecule has 5 nitrogen and oxygen atoms in total. The zero-order valence-corrected chi connectivity index (χ0v) is 10.7. The number of rotatable bonds is 3. The molecule has 1 aromatic rings. The molecule has 1 aromatic heterocycles. The van der Waals surface area contributed by atoms with Gasteiger partial charge in [-0.2, -0.15) is 0 Å². The van der Waals surface area contributed by atoms with Gasteiger partial charge in [0.1, 0.15) is 5.82 Å². The minimum Gasteiger partial charge on any atom is -0.469 e. The Morgan fingerprint density at radius 3 is 3.00 bits per heavy atom. The summed E-state index contributed by atoms with van der Waals surface area (Å²) in [6.07, 6.45) is 2.25. The molecule has 1 saturated heterocycles. The standard InChI is InChI=1S/C13H18N2O3/c1-13(9-12(17)18-2)7-4-8-15(13)10-5-3-6-11(16)14-10/h3,5-6H,4,7-9H2,1-2H3,(H,14,16)/t13-/m1/s1. The third-order valence-corrected chi connectivity index (χ3v) is 3.55. The quantitative estimate of drug-likeness (QED) is 0.821. The van der Waals surface area contributed by atoms with Crippen LogP contribution < -0.4 is 10.5 Å². The van der Waals surface area contributed by atoms with Gasteiger partial charge in [-0.3, -0.25) is 9.59 Å². The predicted octanol–water partition coefficient (Wildman–Crippen LogP) is 1.30. The van der Waals surface area contributed by atoms with Gasteiger partial charge in [0.2, 0.25) is 5.56 Å². The van der Waals surface area contributed by atoms with E-state index in [9.17, 15) is 9.59 Å². The highest BCUT2D eigenvalue weighted by molar-refractivity contribution is 5.72. The number of ether oxygens (including phenoxy) is 1. The Morgan fingerprint density at radius 1 is 1.56 bits per heavy atom. The predicted molar refractivity (Wildman–Crippen MR) is 68.7 cm³/mol. The summed E-state index contributed by atoms with van der Waals surface area (Å²) in [4.78, 5) is 27.8. The smallest absolute Gasteiger partial charge is 0.307 e. The van der Waals surface area contributed by atoms with Gasteiger partial charge >= 0.3 is 5.97 Å². The Labute approximate surface area is 106 Å². The fourth-order valence-electron chi connectivity index (χ4n) is 2.59. The summed E-state index contributed by atoms with van der Waals surface area (Å²) in [6, 6.07) is 5.07. The molecule has 1 aliphatic heterocycles. The third kappa shape index (κ3) is 2.39. The van der Waals surface area contributed by atoms with Crippen molar-refractivity contribution in [3.8, 4) is 0 Å². The molecule has 0 amide bonds. The molecule has 2 heterocycles. The molecule has 0 aromatic carbocycles. The van der Waals surface area contributed by atoms with Crippen molar-refractivity contribution in [3.63, 3.8) is 0 Å². The van der Waals surface area contributed by atoms with Gasteiger partial charge in [-0.25, -0.2) is 0 Å². The topological polar surface area (TPSA) is 62.4 Å². The highest BCUT2D eigenvalue weighted by Crippen LogP contribution is 2.35. The fourth-order valence-corrected chi connectivity index (χ4v) is 2.59. The number of H-pyrrole nitrogens is 1. The molecule has 1 N–H and O–H groups in total. The number of esters is 1. The molecule has 1 fully saturated rings. The maximum absolute atomic E-state index is 11.5. The van der Waals surface area contributed by atoms with Crippen molar-refractivity contribution in [2.24, 2.45) is 0 Å². The van der Waals surface area contributed by atoms with Gasteiger partial charge in [-0.15, -0.1) is 0 Å². The number of aromatic amines is 1. The van der Waals surface area contributed by atoms with E-state index in [1.54, 1.807) is 6.07 Å². The second-order valence-electron chi connectivity index (χ2n) is 4.91. The van der Waals surface area contributed by atoms with Crippen molar-refractivity contribution >= 4 is 11.8 Å². The minimum atomic E-state index is -0.280. The molecular formula is C13H18N2O3. The van der Waals surface area contributed by atoms with E-state index in [0.717, 1.165) is 25.2 Å². The monoisotopic (exact) mass is 250 g/mol. The fraction of sp³-hybridized carbons (Fsp3) is 0.538. The molecule has 98 valence electrons. The Bertz CT molecular complexity index is 497. The van der Waals surface area contributed by atoms with E-state index in [1.165, 1.54) is 13.2 Å². The average molecular weight is 250 g/mol. The first-order chi connectivity index (χ1) is 8.55. The van der Waals surface area contributed by atoms with Crippen molar-refractivity contribution < 1.29 is 9.53 Å². The highest BCUT2D eigenvalue weighted by atomic mass is 16.5. The second-order valence-corrected chi connectivity index (χ2v) is 4.91. The lowest BCUT2D eigenvalue weighted by Crippen LogP contribution is -2.44. The van der Waals surface area contributed by atoms with E-state index < -0.39 is 0 Å². The molecule has 0 saturated carbocycles. The molecule has 0 radical (unpaired) electrons. The van der Waals surface area contributed by atoms with E-state index in [2.05, 4.69) is 9.88 Å². The zero-order valence-electron chi connectivity index (χ0n) is 10.7. The van der Waals surface area contributed by atoms with Crippen LogP contribution in [0, 0.1) is 0 Å². The first kappa shape index (κ1) is 12.7. The van der Waals surface area contributed by atoms with Gasteiger partial charge in [0.05, 0.1) is 13.5 Å². The highest BCUT2D eigenvalue weighted by Gasteiger charge is 2.39. The van der Waals surface area contributed by atoms with Crippen LogP contribution in [0.1, 0.15) is 26.2 Å². The summed E-state index contributed by atoms with van der Waals surface area (Å²) in [5.41, 5.74) is -0.406. The van der Waals surface area contributed by atoms with Crippen molar-refractivity contribution in [2.45, 2.75) is 31.7 Å². The number of nitrogens with zero attached hydrogens (tertiary/aromatic N) is 1. The van der Waals surface area contributed by atoms with Gasteiger partial charge in [0, 0.05) is 18.2 Å². The lowest BCUT2D eigenvalue weighted by Gasteiger charge is -2.35. The lowest BCUT2D eigenvalue weighted by molar-refractivity contribution is -0.141. The molecule has 0 aliphatic carbocycles. The maximum atomic E-state index is 11.5. The largest absolute Gasteiger partial charge is 0.469 e. The van der Waals surface area contributed by atoms with Gasteiger partial charge in [0.25, 0.3) is 0 Å². The summed E-state index contributed by atoms with van der Waals surface area (Å²) in [7, 11) is 1.40. The summed E-state index contributed by atoms with van der Waals surface area (Å²) in [5.74, 6) is 0.550. The molecular weight excluding hydrogens is 232 g/mol. The van der Waals surface area contributed by atoms with Gasteiger partial charge < -0.3 is 14.6 Å². The lowest BCUT2D eigenvalue weighted by atomic mass is 9.94. The van der Waals surface area contributed by atoms with E-state index in [4.69, 9.17) is 4.74 Å². The van der Waals surface area contributed by atoms with E-state index in [1.807, 2.05) is 13.0 Å². The van der Waals surface area contributed by atoms with Crippen molar-refractivity contribution in [2.75, 3.05) is 18.6 Å². The SMILES string of the molecule is COC(=O)C[C@@]1(C)CCCN1c1cccc(=O)[nH]1. The minimum absolute atomic E-state index is 0.125. The molecule has 0 unspecified atom stereocenters. The summed E-state index contributed by atoms with van der Waals surface area (Å²) < 4.78 is 4.75. The van der Waals surface area contributed by atoms with Crippen LogP contribution in [-0.2, 0) is 9.53 Å². The van der Waals surface area contributed by atoms with Crippen LogP contribution in [0.3, 0.4) is 0 Å². The number of hydrogen-bond acceptors (Lipinski definition) is 4. The van der Waals surface area contributed by atoms with Crippen molar-refractivity contribution in [1.82, 2.24) is 4.98 Å². The molecule has 5 heteroatoms. The Kier molecular flexibility index (Phi) is 3.41. The summed E-state index contributed by atoms with van der Waals surface area (Å²) in [6.45, 7) is 2.87. The number of carbonyl (C=O) groups excluding carboxylic acids is 1. The first-order valence-corrected chi connectivity index (χ1v) is 6.09. The summed E-state index contributed by atoms with van der Waals surface area (Å²) in [5, 5.41) is 0. The molecule has 0 bridgehead atoms. The van der Waals surface area contributed by atoms with Crippen LogP contribution in [0.4, 0.5) is 5.82 Å². The number of anilines is 1. The molecule has 1 atom stereocenters. The maximum Gasteiger partial charge on any atom is 0.307 e. The van der Waals surface area contributed by atoms with Crippen LogP contribution in [0.15, 0.2) is 23.0 Å². The Morgan fingerprint density at radius 2 is 2.33 bits per heavy atom. The van der Waals surface area contributed by atoms with Crippen molar-refractivity contribution in [3.05, 3.63) is 28.6 Å². The number of aromatic nitrogens is 1. The average Bonchev–Trinajstić information content (AvgIpc) is 2.70. The number of pyridine rings is 1. The zero-order chi connectivity index (χ0) is 13.2. The van der Waals surface area contributed by atoms with Crippen LogP contribution in [0.2, 0.25) is 0 Å². The van der Waals surface area contributed by atoms with Crippen molar-refractivity contribution in [1.29, 1.82) is 0 Å². The van der Waals surface area contributed by atoms with Gasteiger partial charge in [0.15, 0.2) is 0 Å². The first-order valence-electron chi connectivity index (χ1n) is 6.09. The van der Waals surface area contributed by atoms with Crippen LogP contribution in [0.5, 0.6) is 0 Å². The molecule has 18 heavy (non-hydrogen) atoms. The number of nitrogens with one attached hydrogen (secondary N) is 1. The number of methoxy groups -OCH3 is 1. The van der Waals surface area contributed by atoms with Crippen LogP contribution in [-0.4, -0.2) is 30.1 Å². The Balaban J connectivity index is 2.26. The number of hydrogen-bond donors (Lipinski definition) is 1. The van der Waals surface area contributed by atoms with Crippen LogP contribution in [0.25, 0.3) is 0 Å². The second kappa shape index (κ2) is 4.84. The van der Waals surface area contributed by atoms with Gasteiger partial charge in [-0.05, 0) is 25.8 Å². The Hall–Kier alpha value is -1.78. The molecule has 1 aliphatic rings. The van der Waals surface area contributed by atoms with Crippen LogP contribution >= 0.6 is 0 Å². The third-order valence-electron chi connectivity index (χ3n) is 3.55. The van der Waals surface area contributed by atoms with E-state index in [0.29, 0.717) is 6.42 Å².